The molecule has 0 saturated heterocycles. The Kier molecular flexibility index (Phi) is 7.32. The fourth-order valence-corrected chi connectivity index (χ4v) is 3.39. The van der Waals surface area contributed by atoms with E-state index in [0.29, 0.717) is 27.9 Å². The first-order valence-corrected chi connectivity index (χ1v) is 10.6. The summed E-state index contributed by atoms with van der Waals surface area (Å²) in [5, 5.41) is 3.77. The van der Waals surface area contributed by atoms with Crippen LogP contribution in [0.1, 0.15) is 32.0 Å². The van der Waals surface area contributed by atoms with Crippen LogP contribution in [-0.4, -0.2) is 35.4 Å². The summed E-state index contributed by atoms with van der Waals surface area (Å²) in [7, 11) is 1.30. The van der Waals surface area contributed by atoms with Crippen LogP contribution in [0.4, 0.5) is 5.69 Å². The number of halogens is 1. The van der Waals surface area contributed by atoms with Crippen LogP contribution in [0.2, 0.25) is 5.02 Å². The highest BCUT2D eigenvalue weighted by atomic mass is 35.5. The number of nitrogens with zero attached hydrogens (tertiary/aromatic N) is 1. The van der Waals surface area contributed by atoms with Crippen molar-refractivity contribution in [3.63, 3.8) is 0 Å². The summed E-state index contributed by atoms with van der Waals surface area (Å²) < 4.78 is 4.87. The third kappa shape index (κ3) is 5.11. The number of carbonyl (C=O) groups excluding carboxylic acids is 2. The Morgan fingerprint density at radius 2 is 1.80 bits per heavy atom. The van der Waals surface area contributed by atoms with E-state index < -0.39 is 5.97 Å². The number of aliphatic imine (C=N–C) groups is 1. The third-order valence-electron chi connectivity index (χ3n) is 4.32. The Bertz CT molecular complexity index is 1080. The SMILES string of the molecule is COC(=O)c1[nH]cc(Cc2ccccc2Cl)c1N=C(NC(=O)c1ccccc1)SC. The van der Waals surface area contributed by atoms with Crippen LogP contribution in [0, 0.1) is 0 Å². The van der Waals surface area contributed by atoms with Crippen molar-refractivity contribution in [1.29, 1.82) is 0 Å². The van der Waals surface area contributed by atoms with Gasteiger partial charge in [-0.3, -0.25) is 4.79 Å². The molecule has 2 N–H and O–H groups in total. The zero-order valence-electron chi connectivity index (χ0n) is 16.4. The summed E-state index contributed by atoms with van der Waals surface area (Å²) in [4.78, 5) is 32.3. The molecule has 154 valence electrons. The Balaban J connectivity index is 1.96. The first kappa shape index (κ1) is 21.7. The van der Waals surface area contributed by atoms with Crippen molar-refractivity contribution in [1.82, 2.24) is 10.3 Å². The van der Waals surface area contributed by atoms with E-state index in [1.165, 1.54) is 18.9 Å². The predicted octanol–water partition coefficient (Wildman–Crippen LogP) is 4.83. The van der Waals surface area contributed by atoms with Gasteiger partial charge >= 0.3 is 5.97 Å². The van der Waals surface area contributed by atoms with Gasteiger partial charge in [0.1, 0.15) is 5.69 Å². The zero-order chi connectivity index (χ0) is 21.5. The van der Waals surface area contributed by atoms with Gasteiger partial charge in [0.05, 0.1) is 7.11 Å². The predicted molar refractivity (Wildman–Crippen MR) is 121 cm³/mol. The molecule has 0 atom stereocenters. The van der Waals surface area contributed by atoms with E-state index >= 15 is 0 Å². The summed E-state index contributed by atoms with van der Waals surface area (Å²) >= 11 is 7.56. The van der Waals surface area contributed by atoms with Gasteiger partial charge in [-0.05, 0) is 30.0 Å². The number of nitrogens with one attached hydrogen (secondary N) is 2. The Morgan fingerprint density at radius 1 is 1.10 bits per heavy atom. The minimum Gasteiger partial charge on any atom is -0.464 e. The number of esters is 1. The molecule has 3 rings (SSSR count). The molecule has 1 heterocycles. The number of carbonyl (C=O) groups is 2. The van der Waals surface area contributed by atoms with E-state index in [-0.39, 0.29) is 11.6 Å². The first-order chi connectivity index (χ1) is 14.5. The van der Waals surface area contributed by atoms with Crippen molar-refractivity contribution in [2.75, 3.05) is 13.4 Å². The number of rotatable bonds is 5. The number of amides is 1. The Hall–Kier alpha value is -3.03. The second-order valence-electron chi connectivity index (χ2n) is 6.24. The fraction of sp³-hybridized carbons (Fsp3) is 0.136. The average molecular weight is 442 g/mol. The van der Waals surface area contributed by atoms with Gasteiger partial charge in [0.25, 0.3) is 5.91 Å². The molecule has 1 amide bonds. The van der Waals surface area contributed by atoms with E-state index in [2.05, 4.69) is 15.3 Å². The number of benzene rings is 2. The smallest absolute Gasteiger partial charge is 0.356 e. The molecule has 3 aromatic rings. The Morgan fingerprint density at radius 3 is 2.47 bits per heavy atom. The molecule has 0 spiro atoms. The van der Waals surface area contributed by atoms with Crippen LogP contribution in [0.15, 0.2) is 65.8 Å². The van der Waals surface area contributed by atoms with E-state index in [1.807, 2.05) is 24.3 Å². The molecule has 6 nitrogen and oxygen atoms in total. The van der Waals surface area contributed by atoms with Gasteiger partial charge in [0, 0.05) is 28.8 Å². The van der Waals surface area contributed by atoms with Gasteiger partial charge in [-0.25, -0.2) is 9.79 Å². The zero-order valence-corrected chi connectivity index (χ0v) is 18.0. The molecule has 0 radical (unpaired) electrons. The quantitative estimate of drug-likeness (QED) is 0.337. The number of amidine groups is 1. The van der Waals surface area contributed by atoms with Crippen molar-refractivity contribution < 1.29 is 14.3 Å². The first-order valence-electron chi connectivity index (χ1n) is 9.04. The van der Waals surface area contributed by atoms with Crippen LogP contribution < -0.4 is 5.32 Å². The second kappa shape index (κ2) is 10.1. The lowest BCUT2D eigenvalue weighted by Crippen LogP contribution is -2.28. The molecule has 2 aromatic carbocycles. The van der Waals surface area contributed by atoms with Crippen LogP contribution in [0.5, 0.6) is 0 Å². The van der Waals surface area contributed by atoms with Crippen LogP contribution in [0.3, 0.4) is 0 Å². The Labute approximate surface area is 183 Å². The number of aromatic nitrogens is 1. The number of hydrogen-bond donors (Lipinski definition) is 2. The molecule has 0 bridgehead atoms. The summed E-state index contributed by atoms with van der Waals surface area (Å²) in [5.74, 6) is -0.833. The van der Waals surface area contributed by atoms with Crippen molar-refractivity contribution in [2.45, 2.75) is 6.42 Å². The minimum atomic E-state index is -0.547. The normalized spacial score (nSPS) is 11.2. The van der Waals surface area contributed by atoms with Gasteiger partial charge in [-0.1, -0.05) is 59.8 Å². The summed E-state index contributed by atoms with van der Waals surface area (Å²) in [6, 6.07) is 16.3. The number of H-pyrrole nitrogens is 1. The van der Waals surface area contributed by atoms with Gasteiger partial charge in [-0.2, -0.15) is 0 Å². The standard InChI is InChI=1S/C22H20ClN3O3S/c1-29-21(28)19-18(16(13-24-19)12-15-10-6-7-11-17(15)23)25-22(30-2)26-20(27)14-8-4-3-5-9-14/h3-11,13,24H,12H2,1-2H3,(H,25,26,27). The monoisotopic (exact) mass is 441 g/mol. The summed E-state index contributed by atoms with van der Waals surface area (Å²) in [6.45, 7) is 0. The lowest BCUT2D eigenvalue weighted by molar-refractivity contribution is 0.0595. The minimum absolute atomic E-state index is 0.208. The van der Waals surface area contributed by atoms with Crippen molar-refractivity contribution in [3.8, 4) is 0 Å². The molecule has 1 aromatic heterocycles. The van der Waals surface area contributed by atoms with Gasteiger partial charge < -0.3 is 15.0 Å². The van der Waals surface area contributed by atoms with Crippen LogP contribution in [0.25, 0.3) is 0 Å². The number of methoxy groups -OCH3 is 1. The maximum Gasteiger partial charge on any atom is 0.356 e. The van der Waals surface area contributed by atoms with Crippen molar-refractivity contribution in [3.05, 3.63) is 88.2 Å². The highest BCUT2D eigenvalue weighted by molar-refractivity contribution is 8.13. The van der Waals surface area contributed by atoms with E-state index in [0.717, 1.165) is 11.1 Å². The maximum absolute atomic E-state index is 12.5. The molecule has 0 aliphatic carbocycles. The van der Waals surface area contributed by atoms with Gasteiger partial charge in [0.2, 0.25) is 0 Å². The largest absolute Gasteiger partial charge is 0.464 e. The van der Waals surface area contributed by atoms with Crippen molar-refractivity contribution in [2.24, 2.45) is 4.99 Å². The van der Waals surface area contributed by atoms with Gasteiger partial charge in [-0.15, -0.1) is 0 Å². The summed E-state index contributed by atoms with van der Waals surface area (Å²) in [5.41, 5.74) is 2.77. The van der Waals surface area contributed by atoms with E-state index in [4.69, 9.17) is 16.3 Å². The molecular formula is C22H20ClN3O3S. The molecular weight excluding hydrogens is 422 g/mol. The average Bonchev–Trinajstić information content (AvgIpc) is 3.16. The van der Waals surface area contributed by atoms with Gasteiger partial charge in [0.15, 0.2) is 10.9 Å². The van der Waals surface area contributed by atoms with Crippen LogP contribution in [-0.2, 0) is 11.2 Å². The van der Waals surface area contributed by atoms with Crippen LogP contribution >= 0.6 is 23.4 Å². The third-order valence-corrected chi connectivity index (χ3v) is 5.27. The number of thioether (sulfide) groups is 1. The second-order valence-corrected chi connectivity index (χ2v) is 7.44. The van der Waals surface area contributed by atoms with E-state index in [1.54, 1.807) is 42.8 Å². The topological polar surface area (TPSA) is 83.6 Å². The number of ether oxygens (including phenoxy) is 1. The lowest BCUT2D eigenvalue weighted by atomic mass is 10.1. The molecule has 0 unspecified atom stereocenters. The lowest BCUT2D eigenvalue weighted by Gasteiger charge is -2.09. The molecule has 30 heavy (non-hydrogen) atoms. The molecule has 0 aliphatic rings. The van der Waals surface area contributed by atoms with Crippen molar-refractivity contribution >= 4 is 46.1 Å². The molecule has 0 aliphatic heterocycles. The summed E-state index contributed by atoms with van der Waals surface area (Å²) in [6.07, 6.45) is 3.95. The molecule has 8 heteroatoms. The fourth-order valence-electron chi connectivity index (χ4n) is 2.81. The van der Waals surface area contributed by atoms with E-state index in [9.17, 15) is 9.59 Å². The molecule has 0 fully saturated rings. The number of aromatic amines is 1. The highest BCUT2D eigenvalue weighted by Gasteiger charge is 2.20. The molecule has 0 saturated carbocycles. The maximum atomic E-state index is 12.5. The number of hydrogen-bond acceptors (Lipinski definition) is 5. The highest BCUT2D eigenvalue weighted by Crippen LogP contribution is 2.30.